The Hall–Kier alpha value is -0.310. The lowest BCUT2D eigenvalue weighted by Gasteiger charge is -2.05. The van der Waals surface area contributed by atoms with Gasteiger partial charge in [-0.15, -0.1) is 0 Å². The fourth-order valence-corrected chi connectivity index (χ4v) is 1.19. The predicted molar refractivity (Wildman–Crippen MR) is 47.3 cm³/mol. The first-order chi connectivity index (χ1) is 5.04. The van der Waals surface area contributed by atoms with Crippen LogP contribution in [0.25, 0.3) is 0 Å². The second kappa shape index (κ2) is 4.08. The third-order valence-electron chi connectivity index (χ3n) is 1.45. The van der Waals surface area contributed by atoms with Gasteiger partial charge in [-0.1, -0.05) is 23.2 Å². The Labute approximate surface area is 86.7 Å². The van der Waals surface area contributed by atoms with Crippen molar-refractivity contribution in [3.8, 4) is 5.75 Å². The standard InChI is InChI=1S/C7H7Cl2NO.ClH/c1-3-4(8)2-5(10)7(11)6(3)9;/h2,11H,10H2,1H3;1H/p-1. The molecular weight excluding hydrogens is 220 g/mol. The zero-order chi connectivity index (χ0) is 8.59. The third-order valence-corrected chi connectivity index (χ3v) is 2.31. The van der Waals surface area contributed by atoms with Crippen molar-refractivity contribution in [3.05, 3.63) is 21.7 Å². The smallest absolute Gasteiger partial charge is 0.157 e. The van der Waals surface area contributed by atoms with Crippen LogP contribution in [0.5, 0.6) is 5.75 Å². The zero-order valence-corrected chi connectivity index (χ0v) is 8.50. The highest BCUT2D eigenvalue weighted by Crippen LogP contribution is 2.36. The van der Waals surface area contributed by atoms with Gasteiger partial charge < -0.3 is 23.2 Å². The summed E-state index contributed by atoms with van der Waals surface area (Å²) in [6.45, 7) is 1.71. The molecule has 68 valence electrons. The van der Waals surface area contributed by atoms with Crippen molar-refractivity contribution in [3.63, 3.8) is 0 Å². The van der Waals surface area contributed by atoms with Crippen LogP contribution in [0.2, 0.25) is 10.0 Å². The molecule has 0 saturated carbocycles. The number of nitrogens with two attached hydrogens (primary N) is 1. The van der Waals surface area contributed by atoms with Crippen molar-refractivity contribution in [1.29, 1.82) is 0 Å². The van der Waals surface area contributed by atoms with Gasteiger partial charge in [0.05, 0.1) is 10.7 Å². The topological polar surface area (TPSA) is 46.2 Å². The molecule has 0 saturated heterocycles. The van der Waals surface area contributed by atoms with Gasteiger partial charge in [0.15, 0.2) is 5.75 Å². The van der Waals surface area contributed by atoms with E-state index in [1.807, 2.05) is 0 Å². The van der Waals surface area contributed by atoms with Crippen molar-refractivity contribution in [2.75, 3.05) is 5.73 Å². The number of phenolic OH excluding ortho intramolecular Hbond substituents is 1. The summed E-state index contributed by atoms with van der Waals surface area (Å²) in [7, 11) is 0. The van der Waals surface area contributed by atoms with Crippen LogP contribution in [0.1, 0.15) is 5.56 Å². The summed E-state index contributed by atoms with van der Waals surface area (Å²) in [4.78, 5) is 0. The molecule has 5 heteroatoms. The highest BCUT2D eigenvalue weighted by atomic mass is 35.5. The second-order valence-corrected chi connectivity index (χ2v) is 3.02. The minimum absolute atomic E-state index is 0. The van der Waals surface area contributed by atoms with Crippen molar-refractivity contribution in [2.24, 2.45) is 0 Å². The first kappa shape index (κ1) is 11.7. The zero-order valence-electron chi connectivity index (χ0n) is 6.24. The number of hydrogen-bond acceptors (Lipinski definition) is 2. The molecule has 12 heavy (non-hydrogen) atoms. The summed E-state index contributed by atoms with van der Waals surface area (Å²) in [5, 5.41) is 9.88. The SMILES string of the molecule is Cc1c(Cl)cc(N)c(O)c1Cl.[Cl-]. The van der Waals surface area contributed by atoms with Crippen molar-refractivity contribution < 1.29 is 17.5 Å². The summed E-state index contributed by atoms with van der Waals surface area (Å²) in [5.74, 6) is -0.103. The Morgan fingerprint density at radius 2 is 1.92 bits per heavy atom. The van der Waals surface area contributed by atoms with Crippen LogP contribution in [0.15, 0.2) is 6.07 Å². The van der Waals surface area contributed by atoms with E-state index in [0.29, 0.717) is 10.6 Å². The molecule has 1 aromatic rings. The maximum atomic E-state index is 9.20. The maximum Gasteiger partial charge on any atom is 0.157 e. The molecule has 0 aliphatic rings. The van der Waals surface area contributed by atoms with Crippen LogP contribution in [0.4, 0.5) is 5.69 Å². The lowest BCUT2D eigenvalue weighted by Crippen LogP contribution is -3.00. The van der Waals surface area contributed by atoms with Crippen LogP contribution >= 0.6 is 23.2 Å². The molecule has 3 N–H and O–H groups in total. The Morgan fingerprint density at radius 3 is 2.42 bits per heavy atom. The molecule has 0 aliphatic heterocycles. The van der Waals surface area contributed by atoms with Gasteiger partial charge in [0.25, 0.3) is 0 Å². The third kappa shape index (κ3) is 1.89. The van der Waals surface area contributed by atoms with E-state index in [1.54, 1.807) is 6.92 Å². The van der Waals surface area contributed by atoms with E-state index in [-0.39, 0.29) is 28.9 Å². The molecule has 0 fully saturated rings. The monoisotopic (exact) mass is 226 g/mol. The van der Waals surface area contributed by atoms with Gasteiger partial charge in [-0.05, 0) is 18.6 Å². The number of aromatic hydroxyl groups is 1. The molecule has 1 rings (SSSR count). The van der Waals surface area contributed by atoms with Crippen molar-refractivity contribution in [2.45, 2.75) is 6.92 Å². The summed E-state index contributed by atoms with van der Waals surface area (Å²) in [6, 6.07) is 1.47. The number of benzene rings is 1. The van der Waals surface area contributed by atoms with Crippen molar-refractivity contribution in [1.82, 2.24) is 0 Å². The number of phenols is 1. The first-order valence-corrected chi connectivity index (χ1v) is 3.72. The van der Waals surface area contributed by atoms with E-state index in [9.17, 15) is 5.11 Å². The lowest BCUT2D eigenvalue weighted by atomic mass is 10.2. The van der Waals surface area contributed by atoms with Gasteiger partial charge in [-0.25, -0.2) is 0 Å². The highest BCUT2D eigenvalue weighted by molar-refractivity contribution is 6.37. The van der Waals surface area contributed by atoms with Crippen molar-refractivity contribution >= 4 is 28.9 Å². The molecular formula is C7H7Cl3NO-. The fourth-order valence-electron chi connectivity index (χ4n) is 0.722. The number of halogens is 3. The van der Waals surface area contributed by atoms with E-state index in [4.69, 9.17) is 28.9 Å². The molecule has 2 nitrogen and oxygen atoms in total. The second-order valence-electron chi connectivity index (χ2n) is 2.24. The van der Waals surface area contributed by atoms with Gasteiger partial charge in [-0.2, -0.15) is 0 Å². The fraction of sp³-hybridized carbons (Fsp3) is 0.143. The Bertz CT molecular complexity index is 275. The number of nitrogen functional groups attached to an aromatic ring is 1. The van der Waals surface area contributed by atoms with Gasteiger partial charge in [0.1, 0.15) is 0 Å². The average Bonchev–Trinajstić information content (AvgIpc) is 1.97. The molecule has 1 aromatic carbocycles. The van der Waals surface area contributed by atoms with Gasteiger partial charge >= 0.3 is 0 Å². The molecule has 0 unspecified atom stereocenters. The minimum atomic E-state index is -0.103. The largest absolute Gasteiger partial charge is 1.00 e. The molecule has 0 aromatic heterocycles. The van der Waals surface area contributed by atoms with Gasteiger partial charge in [0, 0.05) is 5.02 Å². The first-order valence-electron chi connectivity index (χ1n) is 2.97. The number of anilines is 1. The molecule has 0 amide bonds. The van der Waals surface area contributed by atoms with Crippen LogP contribution in [0, 0.1) is 6.92 Å². The van der Waals surface area contributed by atoms with Gasteiger partial charge in [-0.3, -0.25) is 0 Å². The molecule has 0 radical (unpaired) electrons. The van der Waals surface area contributed by atoms with E-state index < -0.39 is 0 Å². The summed E-state index contributed by atoms with van der Waals surface area (Å²) < 4.78 is 0. The Morgan fingerprint density at radius 1 is 1.42 bits per heavy atom. The van der Waals surface area contributed by atoms with E-state index in [1.165, 1.54) is 6.07 Å². The summed E-state index contributed by atoms with van der Waals surface area (Å²) >= 11 is 11.4. The Balaban J connectivity index is 0.00000121. The van der Waals surface area contributed by atoms with Gasteiger partial charge in [0.2, 0.25) is 0 Å². The average molecular weight is 227 g/mol. The normalized spacial score (nSPS) is 9.25. The lowest BCUT2D eigenvalue weighted by molar-refractivity contribution is -0.00000310. The summed E-state index contributed by atoms with van der Waals surface area (Å²) in [5.41, 5.74) is 6.21. The molecule has 0 bridgehead atoms. The van der Waals surface area contributed by atoms with E-state index >= 15 is 0 Å². The summed E-state index contributed by atoms with van der Waals surface area (Å²) in [6.07, 6.45) is 0. The number of hydrogen-bond donors (Lipinski definition) is 2. The van der Waals surface area contributed by atoms with Crippen LogP contribution in [-0.4, -0.2) is 5.11 Å². The molecule has 0 aliphatic carbocycles. The van der Waals surface area contributed by atoms with Crippen LogP contribution in [0.3, 0.4) is 0 Å². The van der Waals surface area contributed by atoms with E-state index in [0.717, 1.165) is 0 Å². The molecule has 0 spiro atoms. The molecule has 0 atom stereocenters. The number of rotatable bonds is 0. The Kier molecular flexibility index (Phi) is 3.97. The maximum absolute atomic E-state index is 9.20. The quantitative estimate of drug-likeness (QED) is 0.468. The molecule has 0 heterocycles. The minimum Gasteiger partial charge on any atom is -1.00 e. The highest BCUT2D eigenvalue weighted by Gasteiger charge is 2.09. The van der Waals surface area contributed by atoms with Crippen LogP contribution < -0.4 is 18.1 Å². The predicted octanol–water partition coefficient (Wildman–Crippen LogP) is -0.406. The van der Waals surface area contributed by atoms with E-state index in [2.05, 4.69) is 0 Å². The van der Waals surface area contributed by atoms with Crippen LogP contribution in [-0.2, 0) is 0 Å².